The summed E-state index contributed by atoms with van der Waals surface area (Å²) in [6.07, 6.45) is 1.68. The maximum atomic E-state index is 11.5. The number of anilines is 2. The molecule has 0 spiro atoms. The van der Waals surface area contributed by atoms with E-state index < -0.39 is 10.8 Å². The zero-order chi connectivity index (χ0) is 17.9. The lowest BCUT2D eigenvalue weighted by atomic mass is 10.2. The van der Waals surface area contributed by atoms with Crippen molar-refractivity contribution >= 4 is 22.7 Å². The van der Waals surface area contributed by atoms with Gasteiger partial charge in [-0.15, -0.1) is 0 Å². The molecule has 0 amide bonds. The summed E-state index contributed by atoms with van der Waals surface area (Å²) < 4.78 is 11.5. The molecule has 6 nitrogen and oxygen atoms in total. The highest BCUT2D eigenvalue weighted by Gasteiger charge is 2.14. The molecule has 24 heavy (non-hydrogen) atoms. The molecule has 0 fully saturated rings. The van der Waals surface area contributed by atoms with E-state index in [9.17, 15) is 4.21 Å². The molecule has 0 saturated heterocycles. The smallest absolute Gasteiger partial charge is 0.230 e. The molecule has 1 atom stereocenters. The standard InChI is InChI=1S/C17H25N5OS/c1-12(2)15-18-16(21(3)4)20-17(19-15)22(5)11-13-7-9-14(10-8-13)24(6)23/h7-10,12H,11H2,1-6H3. The van der Waals surface area contributed by atoms with E-state index in [2.05, 4.69) is 28.8 Å². The summed E-state index contributed by atoms with van der Waals surface area (Å²) in [6.45, 7) is 4.81. The number of hydrogen-bond acceptors (Lipinski definition) is 6. The van der Waals surface area contributed by atoms with Crippen LogP contribution in [0.15, 0.2) is 29.2 Å². The average molecular weight is 347 g/mol. The van der Waals surface area contributed by atoms with Crippen molar-refractivity contribution in [3.63, 3.8) is 0 Å². The van der Waals surface area contributed by atoms with Crippen molar-refractivity contribution in [1.82, 2.24) is 15.0 Å². The molecule has 7 heteroatoms. The Balaban J connectivity index is 2.25. The molecular formula is C17H25N5OS. The van der Waals surface area contributed by atoms with Gasteiger partial charge in [0, 0.05) is 55.6 Å². The lowest BCUT2D eigenvalue weighted by Crippen LogP contribution is -2.23. The van der Waals surface area contributed by atoms with Gasteiger partial charge in [-0.25, -0.2) is 0 Å². The minimum atomic E-state index is -0.955. The van der Waals surface area contributed by atoms with Crippen molar-refractivity contribution < 1.29 is 4.21 Å². The van der Waals surface area contributed by atoms with E-state index in [0.717, 1.165) is 16.3 Å². The molecule has 1 aromatic carbocycles. The fraction of sp³-hybridized carbons (Fsp3) is 0.471. The molecule has 0 N–H and O–H groups in total. The number of hydrogen-bond donors (Lipinski definition) is 0. The highest BCUT2D eigenvalue weighted by molar-refractivity contribution is 7.84. The van der Waals surface area contributed by atoms with Gasteiger partial charge in [-0.05, 0) is 17.7 Å². The van der Waals surface area contributed by atoms with Gasteiger partial charge in [0.25, 0.3) is 0 Å². The van der Waals surface area contributed by atoms with Crippen LogP contribution in [0.3, 0.4) is 0 Å². The average Bonchev–Trinajstić information content (AvgIpc) is 2.54. The monoisotopic (exact) mass is 347 g/mol. The van der Waals surface area contributed by atoms with Gasteiger partial charge in [-0.1, -0.05) is 26.0 Å². The van der Waals surface area contributed by atoms with Gasteiger partial charge in [0.1, 0.15) is 5.82 Å². The fourth-order valence-electron chi connectivity index (χ4n) is 2.13. The molecule has 1 unspecified atom stereocenters. The summed E-state index contributed by atoms with van der Waals surface area (Å²) in [5.41, 5.74) is 1.12. The van der Waals surface area contributed by atoms with Crippen LogP contribution in [-0.4, -0.2) is 46.6 Å². The summed E-state index contributed by atoms with van der Waals surface area (Å²) in [5, 5.41) is 0. The SMILES string of the molecule is CC(C)c1nc(N(C)C)nc(N(C)Cc2ccc(S(C)=O)cc2)n1. The Morgan fingerprint density at radius 3 is 2.08 bits per heavy atom. The van der Waals surface area contributed by atoms with Crippen LogP contribution in [0, 0.1) is 0 Å². The summed E-state index contributed by atoms with van der Waals surface area (Å²) in [7, 11) is 4.86. The Hall–Kier alpha value is -2.02. The topological polar surface area (TPSA) is 62.2 Å². The van der Waals surface area contributed by atoms with Crippen molar-refractivity contribution in [1.29, 1.82) is 0 Å². The molecule has 0 aliphatic heterocycles. The minimum Gasteiger partial charge on any atom is -0.347 e. The van der Waals surface area contributed by atoms with Crippen LogP contribution in [0.2, 0.25) is 0 Å². The van der Waals surface area contributed by atoms with E-state index in [0.29, 0.717) is 18.4 Å². The van der Waals surface area contributed by atoms with Gasteiger partial charge in [-0.2, -0.15) is 15.0 Å². The highest BCUT2D eigenvalue weighted by atomic mass is 32.2. The number of aromatic nitrogens is 3. The van der Waals surface area contributed by atoms with Crippen LogP contribution >= 0.6 is 0 Å². The van der Waals surface area contributed by atoms with Gasteiger partial charge >= 0.3 is 0 Å². The van der Waals surface area contributed by atoms with Crippen molar-refractivity contribution in [2.75, 3.05) is 37.2 Å². The van der Waals surface area contributed by atoms with Crippen LogP contribution in [0.5, 0.6) is 0 Å². The molecule has 0 radical (unpaired) electrons. The fourth-order valence-corrected chi connectivity index (χ4v) is 2.65. The van der Waals surface area contributed by atoms with Gasteiger partial charge in [0.2, 0.25) is 11.9 Å². The Labute approximate surface area is 146 Å². The third-order valence-electron chi connectivity index (χ3n) is 3.56. The predicted molar refractivity (Wildman–Crippen MR) is 99.1 cm³/mol. The van der Waals surface area contributed by atoms with E-state index in [1.54, 1.807) is 6.26 Å². The van der Waals surface area contributed by atoms with Crippen LogP contribution in [0.4, 0.5) is 11.9 Å². The van der Waals surface area contributed by atoms with E-state index in [1.807, 2.05) is 55.2 Å². The van der Waals surface area contributed by atoms with E-state index >= 15 is 0 Å². The van der Waals surface area contributed by atoms with Gasteiger partial charge in [-0.3, -0.25) is 4.21 Å². The number of nitrogens with zero attached hydrogens (tertiary/aromatic N) is 5. The second-order valence-electron chi connectivity index (χ2n) is 6.30. The van der Waals surface area contributed by atoms with Crippen LogP contribution in [0.25, 0.3) is 0 Å². The Morgan fingerprint density at radius 2 is 1.58 bits per heavy atom. The largest absolute Gasteiger partial charge is 0.347 e. The number of benzene rings is 1. The predicted octanol–water partition coefficient (Wildman–Crippen LogP) is 2.43. The molecule has 2 rings (SSSR count). The maximum Gasteiger partial charge on any atom is 0.230 e. The maximum absolute atomic E-state index is 11.5. The van der Waals surface area contributed by atoms with Gasteiger partial charge in [0.15, 0.2) is 0 Å². The molecule has 0 bridgehead atoms. The first-order valence-electron chi connectivity index (χ1n) is 7.84. The summed E-state index contributed by atoms with van der Waals surface area (Å²) in [4.78, 5) is 18.3. The van der Waals surface area contributed by atoms with Crippen LogP contribution < -0.4 is 9.80 Å². The van der Waals surface area contributed by atoms with Crippen molar-refractivity contribution in [2.24, 2.45) is 0 Å². The Morgan fingerprint density at radius 1 is 1.00 bits per heavy atom. The quantitative estimate of drug-likeness (QED) is 0.800. The second kappa shape index (κ2) is 7.70. The minimum absolute atomic E-state index is 0.234. The van der Waals surface area contributed by atoms with E-state index in [4.69, 9.17) is 0 Å². The Kier molecular flexibility index (Phi) is 5.88. The van der Waals surface area contributed by atoms with Crippen molar-refractivity contribution in [3.05, 3.63) is 35.7 Å². The first kappa shape index (κ1) is 18.3. The molecule has 0 aliphatic rings. The summed E-state index contributed by atoms with van der Waals surface area (Å²) >= 11 is 0. The molecule has 0 aliphatic carbocycles. The lowest BCUT2D eigenvalue weighted by molar-refractivity contribution is 0.686. The van der Waals surface area contributed by atoms with E-state index in [1.165, 1.54) is 0 Å². The van der Waals surface area contributed by atoms with Gasteiger partial charge in [0.05, 0.1) is 0 Å². The third-order valence-corrected chi connectivity index (χ3v) is 4.50. The first-order chi connectivity index (χ1) is 11.3. The Bertz CT molecular complexity index is 689. The second-order valence-corrected chi connectivity index (χ2v) is 7.68. The normalized spacial score (nSPS) is 12.3. The van der Waals surface area contributed by atoms with Gasteiger partial charge < -0.3 is 9.80 Å². The molecule has 0 saturated carbocycles. The van der Waals surface area contributed by atoms with Crippen LogP contribution in [0.1, 0.15) is 31.2 Å². The van der Waals surface area contributed by atoms with E-state index in [-0.39, 0.29) is 5.92 Å². The molecule has 2 aromatic rings. The van der Waals surface area contributed by atoms with Crippen LogP contribution in [-0.2, 0) is 17.3 Å². The summed E-state index contributed by atoms with van der Waals surface area (Å²) in [5.74, 6) is 2.33. The number of rotatable bonds is 6. The lowest BCUT2D eigenvalue weighted by Gasteiger charge is -2.20. The zero-order valence-electron chi connectivity index (χ0n) is 15.1. The zero-order valence-corrected chi connectivity index (χ0v) is 16.0. The van der Waals surface area contributed by atoms with Crippen molar-refractivity contribution in [3.8, 4) is 0 Å². The first-order valence-corrected chi connectivity index (χ1v) is 9.40. The summed E-state index contributed by atoms with van der Waals surface area (Å²) in [6, 6.07) is 7.78. The molecule has 130 valence electrons. The molecule has 1 heterocycles. The molecule has 1 aromatic heterocycles. The third kappa shape index (κ3) is 4.50. The molecular weight excluding hydrogens is 322 g/mol. The van der Waals surface area contributed by atoms with Crippen molar-refractivity contribution in [2.45, 2.75) is 31.2 Å². The highest BCUT2D eigenvalue weighted by Crippen LogP contribution is 2.18.